The number of nitrogens with zero attached hydrogens (tertiary/aromatic N) is 4. The summed E-state index contributed by atoms with van der Waals surface area (Å²) in [6.45, 7) is 6.61. The lowest BCUT2D eigenvalue weighted by Crippen LogP contribution is -2.48. The van der Waals surface area contributed by atoms with E-state index in [1.165, 1.54) is 0 Å². The van der Waals surface area contributed by atoms with E-state index in [1.807, 2.05) is 37.2 Å². The van der Waals surface area contributed by atoms with Gasteiger partial charge in [-0.25, -0.2) is 0 Å². The maximum absolute atomic E-state index is 12.8. The van der Waals surface area contributed by atoms with Crippen LogP contribution in [0.4, 0.5) is 17.1 Å². The van der Waals surface area contributed by atoms with Gasteiger partial charge in [0.1, 0.15) is 0 Å². The number of pyridine rings is 1. The first kappa shape index (κ1) is 18.2. The molecule has 26 heavy (non-hydrogen) atoms. The topological polar surface area (TPSA) is 51.7 Å². The van der Waals surface area contributed by atoms with Gasteiger partial charge in [-0.1, -0.05) is 6.92 Å². The number of rotatable bonds is 5. The standard InChI is InChI=1S/C20H27N5O/c1-4-24-9-11-25(12-10-24)20(26)16-13-18(15-21-14-16)22-17-5-7-19(8-6-17)23(2)3/h5-8,13-15,22H,4,9-12H2,1-3H3. The summed E-state index contributed by atoms with van der Waals surface area (Å²) in [6, 6.07) is 10.0. The number of nitrogens with one attached hydrogen (secondary N) is 1. The van der Waals surface area contributed by atoms with Crippen molar-refractivity contribution in [2.24, 2.45) is 0 Å². The van der Waals surface area contributed by atoms with Crippen molar-refractivity contribution in [3.8, 4) is 0 Å². The third-order valence-corrected chi connectivity index (χ3v) is 4.76. The second kappa shape index (κ2) is 8.19. The van der Waals surface area contributed by atoms with E-state index >= 15 is 0 Å². The quantitative estimate of drug-likeness (QED) is 0.896. The summed E-state index contributed by atoms with van der Waals surface area (Å²) in [5, 5.41) is 3.32. The Morgan fingerprint density at radius 3 is 2.38 bits per heavy atom. The molecule has 0 saturated carbocycles. The number of carbonyl (C=O) groups is 1. The second-order valence-corrected chi connectivity index (χ2v) is 6.76. The molecule has 0 unspecified atom stereocenters. The second-order valence-electron chi connectivity index (χ2n) is 6.76. The van der Waals surface area contributed by atoms with Crippen LogP contribution in [-0.4, -0.2) is 67.5 Å². The number of aromatic nitrogens is 1. The molecule has 0 spiro atoms. The molecule has 1 aliphatic heterocycles. The summed E-state index contributed by atoms with van der Waals surface area (Å²) in [5.41, 5.74) is 3.56. The van der Waals surface area contributed by atoms with Crippen molar-refractivity contribution in [3.63, 3.8) is 0 Å². The van der Waals surface area contributed by atoms with Crippen molar-refractivity contribution in [2.75, 3.05) is 57.0 Å². The van der Waals surface area contributed by atoms with Crippen molar-refractivity contribution >= 4 is 23.0 Å². The molecule has 6 heteroatoms. The minimum atomic E-state index is 0.0554. The molecule has 0 atom stereocenters. The first-order valence-corrected chi connectivity index (χ1v) is 9.08. The summed E-state index contributed by atoms with van der Waals surface area (Å²) >= 11 is 0. The molecule has 1 aromatic heterocycles. The molecule has 1 fully saturated rings. The smallest absolute Gasteiger partial charge is 0.255 e. The molecule has 1 aromatic carbocycles. The van der Waals surface area contributed by atoms with Gasteiger partial charge in [0.2, 0.25) is 0 Å². The molecule has 0 radical (unpaired) electrons. The number of likely N-dealkylation sites (N-methyl/N-ethyl adjacent to an activating group) is 1. The van der Waals surface area contributed by atoms with Gasteiger partial charge in [-0.05, 0) is 36.9 Å². The van der Waals surface area contributed by atoms with Crippen LogP contribution < -0.4 is 10.2 Å². The van der Waals surface area contributed by atoms with E-state index in [0.717, 1.165) is 49.8 Å². The van der Waals surface area contributed by atoms with Crippen LogP contribution in [0.3, 0.4) is 0 Å². The fourth-order valence-electron chi connectivity index (χ4n) is 3.08. The molecular weight excluding hydrogens is 326 g/mol. The Morgan fingerprint density at radius 1 is 1.08 bits per heavy atom. The Balaban J connectivity index is 1.67. The van der Waals surface area contributed by atoms with Gasteiger partial charge in [-0.15, -0.1) is 0 Å². The third-order valence-electron chi connectivity index (χ3n) is 4.76. The van der Waals surface area contributed by atoms with Crippen molar-refractivity contribution in [1.82, 2.24) is 14.8 Å². The highest BCUT2D eigenvalue weighted by Crippen LogP contribution is 2.21. The van der Waals surface area contributed by atoms with Crippen LogP contribution in [0.25, 0.3) is 0 Å². The van der Waals surface area contributed by atoms with Gasteiger partial charge in [0, 0.05) is 57.8 Å². The summed E-state index contributed by atoms with van der Waals surface area (Å²) < 4.78 is 0. The molecule has 3 rings (SSSR count). The molecule has 1 aliphatic rings. The number of benzene rings is 1. The van der Waals surface area contributed by atoms with E-state index in [1.54, 1.807) is 12.4 Å². The Hall–Kier alpha value is -2.60. The minimum Gasteiger partial charge on any atom is -0.378 e. The molecule has 2 heterocycles. The Kier molecular flexibility index (Phi) is 5.73. The van der Waals surface area contributed by atoms with Gasteiger partial charge in [0.25, 0.3) is 5.91 Å². The lowest BCUT2D eigenvalue weighted by molar-refractivity contribution is 0.0643. The fraction of sp³-hybridized carbons (Fsp3) is 0.400. The van der Waals surface area contributed by atoms with Crippen LogP contribution in [0, 0.1) is 0 Å². The molecule has 0 aliphatic carbocycles. The lowest BCUT2D eigenvalue weighted by atomic mass is 10.2. The zero-order valence-electron chi connectivity index (χ0n) is 15.8. The number of anilines is 3. The van der Waals surface area contributed by atoms with E-state index in [-0.39, 0.29) is 5.91 Å². The van der Waals surface area contributed by atoms with Crippen molar-refractivity contribution in [3.05, 3.63) is 48.3 Å². The normalized spacial score (nSPS) is 15.0. The van der Waals surface area contributed by atoms with Gasteiger partial charge in [-0.2, -0.15) is 0 Å². The predicted molar refractivity (Wildman–Crippen MR) is 106 cm³/mol. The third kappa shape index (κ3) is 4.32. The van der Waals surface area contributed by atoms with Crippen LogP contribution in [0.2, 0.25) is 0 Å². The Labute approximate surface area is 155 Å². The van der Waals surface area contributed by atoms with Crippen LogP contribution in [0.5, 0.6) is 0 Å². The maximum atomic E-state index is 12.8. The van der Waals surface area contributed by atoms with E-state index in [9.17, 15) is 4.79 Å². The van der Waals surface area contributed by atoms with Gasteiger partial charge in [-0.3, -0.25) is 9.78 Å². The number of carbonyl (C=O) groups excluding carboxylic acids is 1. The van der Waals surface area contributed by atoms with Crippen molar-refractivity contribution in [2.45, 2.75) is 6.92 Å². The van der Waals surface area contributed by atoms with E-state index in [2.05, 4.69) is 39.2 Å². The fourth-order valence-corrected chi connectivity index (χ4v) is 3.08. The highest BCUT2D eigenvalue weighted by molar-refractivity contribution is 5.95. The average molecular weight is 353 g/mol. The molecule has 2 aromatic rings. The summed E-state index contributed by atoms with van der Waals surface area (Å²) in [5.74, 6) is 0.0554. The summed E-state index contributed by atoms with van der Waals surface area (Å²) in [4.78, 5) is 23.3. The molecular formula is C20H27N5O. The largest absolute Gasteiger partial charge is 0.378 e. The average Bonchev–Trinajstić information content (AvgIpc) is 2.68. The van der Waals surface area contributed by atoms with Crippen molar-refractivity contribution in [1.29, 1.82) is 0 Å². The van der Waals surface area contributed by atoms with Gasteiger partial charge in [0.05, 0.1) is 17.4 Å². The highest BCUT2D eigenvalue weighted by atomic mass is 16.2. The summed E-state index contributed by atoms with van der Waals surface area (Å²) in [6.07, 6.45) is 3.39. The molecule has 0 bridgehead atoms. The first-order chi connectivity index (χ1) is 12.6. The maximum Gasteiger partial charge on any atom is 0.255 e. The van der Waals surface area contributed by atoms with E-state index in [4.69, 9.17) is 0 Å². The SMILES string of the molecule is CCN1CCN(C(=O)c2cncc(Nc3ccc(N(C)C)cc3)c2)CC1. The molecule has 6 nitrogen and oxygen atoms in total. The lowest BCUT2D eigenvalue weighted by Gasteiger charge is -2.34. The molecule has 138 valence electrons. The van der Waals surface area contributed by atoms with Crippen molar-refractivity contribution < 1.29 is 4.79 Å². The number of piperazine rings is 1. The van der Waals surface area contributed by atoms with Gasteiger partial charge >= 0.3 is 0 Å². The zero-order chi connectivity index (χ0) is 18.5. The Morgan fingerprint density at radius 2 is 1.77 bits per heavy atom. The molecule has 1 saturated heterocycles. The van der Waals surface area contributed by atoms with Crippen LogP contribution in [-0.2, 0) is 0 Å². The number of hydrogen-bond donors (Lipinski definition) is 1. The highest BCUT2D eigenvalue weighted by Gasteiger charge is 2.21. The Bertz CT molecular complexity index is 736. The van der Waals surface area contributed by atoms with E-state index < -0.39 is 0 Å². The summed E-state index contributed by atoms with van der Waals surface area (Å²) in [7, 11) is 4.03. The van der Waals surface area contributed by atoms with E-state index in [0.29, 0.717) is 5.56 Å². The van der Waals surface area contributed by atoms with Crippen LogP contribution >= 0.6 is 0 Å². The zero-order valence-corrected chi connectivity index (χ0v) is 15.8. The van der Waals surface area contributed by atoms with Gasteiger partial charge in [0.15, 0.2) is 0 Å². The molecule has 1 amide bonds. The number of hydrogen-bond acceptors (Lipinski definition) is 5. The number of amides is 1. The monoisotopic (exact) mass is 353 g/mol. The minimum absolute atomic E-state index is 0.0554. The predicted octanol–water partition coefficient (Wildman–Crippen LogP) is 2.67. The van der Waals surface area contributed by atoms with Crippen LogP contribution in [0.1, 0.15) is 17.3 Å². The first-order valence-electron chi connectivity index (χ1n) is 9.08. The van der Waals surface area contributed by atoms with Gasteiger partial charge < -0.3 is 20.0 Å². The van der Waals surface area contributed by atoms with Crippen LogP contribution in [0.15, 0.2) is 42.7 Å². The molecule has 1 N–H and O–H groups in total.